The topological polar surface area (TPSA) is 12.9 Å². The van der Waals surface area contributed by atoms with Crippen molar-refractivity contribution in [2.45, 2.75) is 12.1 Å². The first kappa shape index (κ1) is 10.6. The number of aromatic nitrogens is 1. The van der Waals surface area contributed by atoms with Crippen LogP contribution in [0.2, 0.25) is 5.02 Å². The number of halogens is 5. The summed E-state index contributed by atoms with van der Waals surface area (Å²) in [6.07, 6.45) is -3.50. The zero-order valence-electron chi connectivity index (χ0n) is 6.20. The molecule has 0 amide bonds. The first-order chi connectivity index (χ1) is 5.96. The molecule has 0 aliphatic carbocycles. The third-order valence-electron chi connectivity index (χ3n) is 1.40. The average Bonchev–Trinajstić information content (AvgIpc) is 2.02. The van der Waals surface area contributed by atoms with Gasteiger partial charge in [0, 0.05) is 16.8 Å². The van der Waals surface area contributed by atoms with Gasteiger partial charge in [0.05, 0.1) is 5.88 Å². The van der Waals surface area contributed by atoms with E-state index >= 15 is 0 Å². The molecule has 6 heteroatoms. The highest BCUT2D eigenvalue weighted by Gasteiger charge is 2.35. The van der Waals surface area contributed by atoms with Crippen LogP contribution in [0.3, 0.4) is 0 Å². The van der Waals surface area contributed by atoms with E-state index in [2.05, 4.69) is 4.98 Å². The van der Waals surface area contributed by atoms with E-state index < -0.39 is 11.9 Å². The van der Waals surface area contributed by atoms with Crippen LogP contribution in [-0.4, -0.2) is 4.98 Å². The second-order valence-corrected chi connectivity index (χ2v) is 2.93. The van der Waals surface area contributed by atoms with Crippen molar-refractivity contribution in [2.24, 2.45) is 0 Å². The minimum absolute atomic E-state index is 0.0164. The van der Waals surface area contributed by atoms with E-state index in [1.165, 1.54) is 6.07 Å². The van der Waals surface area contributed by atoms with Gasteiger partial charge in [-0.3, -0.25) is 4.98 Å². The first-order valence-electron chi connectivity index (χ1n) is 3.23. The zero-order valence-corrected chi connectivity index (χ0v) is 7.71. The Bertz CT molecular complexity index is 311. The molecule has 0 saturated carbocycles. The van der Waals surface area contributed by atoms with Crippen LogP contribution in [0.5, 0.6) is 0 Å². The normalized spacial score (nSPS) is 11.8. The quantitative estimate of drug-likeness (QED) is 0.673. The van der Waals surface area contributed by atoms with E-state index in [4.69, 9.17) is 23.2 Å². The van der Waals surface area contributed by atoms with Gasteiger partial charge in [-0.15, -0.1) is 11.6 Å². The Morgan fingerprint density at radius 3 is 2.38 bits per heavy atom. The Morgan fingerprint density at radius 1 is 1.38 bits per heavy atom. The van der Waals surface area contributed by atoms with E-state index in [9.17, 15) is 13.2 Å². The molecule has 0 unspecified atom stereocenters. The summed E-state index contributed by atoms with van der Waals surface area (Å²) in [5.74, 6) is -0.304. The SMILES string of the molecule is FC(F)(F)c1nccc(Cl)c1CCl. The summed E-state index contributed by atoms with van der Waals surface area (Å²) in [4.78, 5) is 3.19. The van der Waals surface area contributed by atoms with Gasteiger partial charge in [-0.25, -0.2) is 0 Å². The van der Waals surface area contributed by atoms with E-state index in [1.54, 1.807) is 0 Å². The highest BCUT2D eigenvalue weighted by atomic mass is 35.5. The highest BCUT2D eigenvalue weighted by Crippen LogP contribution is 2.33. The van der Waals surface area contributed by atoms with E-state index in [0.717, 1.165) is 6.20 Å². The number of nitrogens with zero attached hydrogens (tertiary/aromatic N) is 1. The lowest BCUT2D eigenvalue weighted by Crippen LogP contribution is -2.11. The van der Waals surface area contributed by atoms with Crippen LogP contribution in [-0.2, 0) is 12.1 Å². The summed E-state index contributed by atoms with van der Waals surface area (Å²) in [6.45, 7) is 0. The molecule has 0 N–H and O–H groups in total. The van der Waals surface area contributed by atoms with Crippen LogP contribution in [0, 0.1) is 0 Å². The molecule has 0 saturated heterocycles. The Kier molecular flexibility index (Phi) is 3.03. The molecule has 1 aromatic rings. The second kappa shape index (κ2) is 3.72. The van der Waals surface area contributed by atoms with Crippen molar-refractivity contribution in [1.29, 1.82) is 0 Å². The Labute approximate surface area is 82.5 Å². The number of hydrogen-bond acceptors (Lipinski definition) is 1. The molecule has 0 aliphatic rings. The van der Waals surface area contributed by atoms with Crippen LogP contribution >= 0.6 is 23.2 Å². The summed E-state index contributed by atoms with van der Waals surface area (Å²) >= 11 is 10.8. The molecule has 0 bridgehead atoms. The molecule has 0 aromatic carbocycles. The Hall–Kier alpha value is -0.480. The Morgan fingerprint density at radius 2 is 2.00 bits per heavy atom. The molecule has 1 aromatic heterocycles. The minimum atomic E-state index is -4.50. The number of hydrogen-bond donors (Lipinski definition) is 0. The molecule has 72 valence electrons. The first-order valence-corrected chi connectivity index (χ1v) is 4.14. The largest absolute Gasteiger partial charge is 0.433 e. The van der Waals surface area contributed by atoms with Crippen LogP contribution < -0.4 is 0 Å². The summed E-state index contributed by atoms with van der Waals surface area (Å²) in [5, 5.41) is -0.0164. The fourth-order valence-corrected chi connectivity index (χ4v) is 1.39. The number of rotatable bonds is 1. The molecule has 0 spiro atoms. The van der Waals surface area contributed by atoms with Gasteiger partial charge in [0.1, 0.15) is 5.69 Å². The lowest BCUT2D eigenvalue weighted by molar-refractivity contribution is -0.141. The molecule has 0 radical (unpaired) electrons. The van der Waals surface area contributed by atoms with Gasteiger partial charge in [-0.1, -0.05) is 11.6 Å². The maximum absolute atomic E-state index is 12.2. The van der Waals surface area contributed by atoms with Crippen molar-refractivity contribution in [3.63, 3.8) is 0 Å². The standard InChI is InChI=1S/C7H4Cl2F3N/c8-3-4-5(9)1-2-13-6(4)7(10,11)12/h1-2H,3H2. The van der Waals surface area contributed by atoms with E-state index in [-0.39, 0.29) is 16.5 Å². The summed E-state index contributed by atoms with van der Waals surface area (Å²) in [5.41, 5.74) is -1.20. The fourth-order valence-electron chi connectivity index (χ4n) is 0.840. The predicted octanol–water partition coefficient (Wildman–Crippen LogP) is 3.49. The lowest BCUT2D eigenvalue weighted by Gasteiger charge is -2.10. The van der Waals surface area contributed by atoms with Crippen LogP contribution in [0.1, 0.15) is 11.3 Å². The van der Waals surface area contributed by atoms with E-state index in [0.29, 0.717) is 0 Å². The molecule has 1 nitrogen and oxygen atoms in total. The third kappa shape index (κ3) is 2.25. The highest BCUT2D eigenvalue weighted by molar-refractivity contribution is 6.32. The van der Waals surface area contributed by atoms with Crippen molar-refractivity contribution >= 4 is 23.2 Å². The van der Waals surface area contributed by atoms with Crippen LogP contribution in [0.25, 0.3) is 0 Å². The molecule has 0 aliphatic heterocycles. The van der Waals surface area contributed by atoms with Gasteiger partial charge in [-0.05, 0) is 6.07 Å². The van der Waals surface area contributed by atoms with Gasteiger partial charge in [0.2, 0.25) is 0 Å². The molecule has 13 heavy (non-hydrogen) atoms. The van der Waals surface area contributed by atoms with Crippen molar-refractivity contribution in [1.82, 2.24) is 4.98 Å². The number of alkyl halides is 4. The molecular weight excluding hydrogens is 226 g/mol. The van der Waals surface area contributed by atoms with Gasteiger partial charge < -0.3 is 0 Å². The van der Waals surface area contributed by atoms with Gasteiger partial charge >= 0.3 is 6.18 Å². The van der Waals surface area contributed by atoms with Crippen LogP contribution in [0.4, 0.5) is 13.2 Å². The molecule has 0 atom stereocenters. The zero-order chi connectivity index (χ0) is 10.1. The maximum Gasteiger partial charge on any atom is 0.433 e. The molecular formula is C7H4Cl2F3N. The summed E-state index contributed by atoms with van der Waals surface area (Å²) in [6, 6.07) is 1.27. The lowest BCUT2D eigenvalue weighted by atomic mass is 10.2. The van der Waals surface area contributed by atoms with Crippen molar-refractivity contribution in [3.8, 4) is 0 Å². The third-order valence-corrected chi connectivity index (χ3v) is 2.02. The van der Waals surface area contributed by atoms with Crippen molar-refractivity contribution in [2.75, 3.05) is 0 Å². The minimum Gasteiger partial charge on any atom is -0.251 e. The van der Waals surface area contributed by atoms with Crippen molar-refractivity contribution in [3.05, 3.63) is 28.5 Å². The smallest absolute Gasteiger partial charge is 0.251 e. The van der Waals surface area contributed by atoms with Gasteiger partial charge in [0.25, 0.3) is 0 Å². The van der Waals surface area contributed by atoms with Gasteiger partial charge in [0.15, 0.2) is 0 Å². The summed E-state index contributed by atoms with van der Waals surface area (Å²) in [7, 11) is 0. The van der Waals surface area contributed by atoms with Gasteiger partial charge in [-0.2, -0.15) is 13.2 Å². The van der Waals surface area contributed by atoms with Crippen molar-refractivity contribution < 1.29 is 13.2 Å². The Balaban J connectivity index is 3.29. The average molecular weight is 230 g/mol. The molecule has 0 fully saturated rings. The molecule has 1 rings (SSSR count). The monoisotopic (exact) mass is 229 g/mol. The summed E-state index contributed by atoms with van der Waals surface area (Å²) < 4.78 is 36.7. The maximum atomic E-state index is 12.2. The second-order valence-electron chi connectivity index (χ2n) is 2.25. The predicted molar refractivity (Wildman–Crippen MR) is 43.8 cm³/mol. The van der Waals surface area contributed by atoms with E-state index in [1.807, 2.05) is 0 Å². The number of pyridine rings is 1. The molecule has 1 heterocycles. The fraction of sp³-hybridized carbons (Fsp3) is 0.286. The van der Waals surface area contributed by atoms with Crippen LogP contribution in [0.15, 0.2) is 12.3 Å².